The molecule has 20 heavy (non-hydrogen) atoms. The first kappa shape index (κ1) is 16.2. The highest BCUT2D eigenvalue weighted by molar-refractivity contribution is 5.86. The van der Waals surface area contributed by atoms with Crippen molar-refractivity contribution in [3.8, 4) is 0 Å². The van der Waals surface area contributed by atoms with E-state index >= 15 is 0 Å². The molecule has 1 saturated heterocycles. The van der Waals surface area contributed by atoms with Gasteiger partial charge in [0, 0.05) is 19.8 Å². The van der Waals surface area contributed by atoms with Crippen LogP contribution in [0.3, 0.4) is 0 Å². The number of carbonyl (C=O) groups excluding carboxylic acids is 1. The molecule has 0 radical (unpaired) electrons. The Hall–Kier alpha value is -1.83. The summed E-state index contributed by atoms with van der Waals surface area (Å²) in [6, 6.07) is -2.11. The predicted octanol–water partition coefficient (Wildman–Crippen LogP) is 0.0302. The van der Waals surface area contributed by atoms with Crippen LogP contribution in [0.5, 0.6) is 0 Å². The second-order valence-corrected chi connectivity index (χ2v) is 5.24. The lowest BCUT2D eigenvalue weighted by molar-refractivity contribution is -0.145. The third-order valence-corrected chi connectivity index (χ3v) is 3.36. The molecule has 0 aliphatic carbocycles. The molecule has 1 aliphatic rings. The largest absolute Gasteiger partial charge is 0.481 e. The third-order valence-electron chi connectivity index (χ3n) is 3.36. The lowest BCUT2D eigenvalue weighted by atomic mass is 9.82. The molecule has 114 valence electrons. The number of aliphatic carboxylic acids is 2. The van der Waals surface area contributed by atoms with Crippen LogP contribution in [0.25, 0.3) is 0 Å². The number of carboxylic acid groups (broad SMARTS) is 2. The highest BCUT2D eigenvalue weighted by Crippen LogP contribution is 2.28. The van der Waals surface area contributed by atoms with Crippen molar-refractivity contribution < 1.29 is 29.3 Å². The van der Waals surface area contributed by atoms with E-state index in [1.54, 1.807) is 0 Å². The molecule has 0 saturated carbocycles. The first-order valence-electron chi connectivity index (χ1n) is 6.39. The molecule has 0 aromatic carbocycles. The second kappa shape index (κ2) is 7.09. The summed E-state index contributed by atoms with van der Waals surface area (Å²) in [6.45, 7) is 3.68. The van der Waals surface area contributed by atoms with Crippen molar-refractivity contribution in [1.82, 2.24) is 10.6 Å². The number of carboxylic acids is 2. The van der Waals surface area contributed by atoms with Gasteiger partial charge in [0.25, 0.3) is 0 Å². The standard InChI is InChI=1S/C12H20N2O6/c1-12(2-4-20-5-3-12)7-13-11(19)14-8(10(17)18)6-9(15)16/h8H,2-7H2,1H3,(H,15,16)(H,17,18)(H2,13,14,19). The Bertz CT molecular complexity index is 378. The minimum atomic E-state index is -1.44. The fraction of sp³-hybridized carbons (Fsp3) is 0.750. The van der Waals surface area contributed by atoms with E-state index in [1.807, 2.05) is 6.92 Å². The second-order valence-electron chi connectivity index (χ2n) is 5.24. The number of hydrogen-bond acceptors (Lipinski definition) is 4. The van der Waals surface area contributed by atoms with Crippen LogP contribution in [0.15, 0.2) is 0 Å². The summed E-state index contributed by atoms with van der Waals surface area (Å²) in [6.07, 6.45) is 0.962. The Morgan fingerprint density at radius 3 is 2.35 bits per heavy atom. The molecule has 1 rings (SSSR count). The SMILES string of the molecule is CC1(CNC(=O)NC(CC(=O)O)C(=O)O)CCOCC1. The number of rotatable bonds is 6. The van der Waals surface area contributed by atoms with Gasteiger partial charge in [-0.15, -0.1) is 0 Å². The zero-order valence-corrected chi connectivity index (χ0v) is 11.3. The van der Waals surface area contributed by atoms with E-state index < -0.39 is 30.4 Å². The van der Waals surface area contributed by atoms with Crippen LogP contribution in [-0.4, -0.2) is 54.0 Å². The van der Waals surface area contributed by atoms with Crippen LogP contribution >= 0.6 is 0 Å². The molecule has 8 heteroatoms. The van der Waals surface area contributed by atoms with Gasteiger partial charge in [-0.05, 0) is 18.3 Å². The van der Waals surface area contributed by atoms with E-state index in [1.165, 1.54) is 0 Å². The summed E-state index contributed by atoms with van der Waals surface area (Å²) in [4.78, 5) is 32.9. The van der Waals surface area contributed by atoms with E-state index in [2.05, 4.69) is 10.6 Å². The van der Waals surface area contributed by atoms with Crippen LogP contribution in [0.4, 0.5) is 4.79 Å². The fourth-order valence-corrected chi connectivity index (χ4v) is 1.92. The van der Waals surface area contributed by atoms with Crippen molar-refractivity contribution in [1.29, 1.82) is 0 Å². The van der Waals surface area contributed by atoms with Gasteiger partial charge in [0.15, 0.2) is 0 Å². The molecule has 2 amide bonds. The van der Waals surface area contributed by atoms with Crippen LogP contribution in [0, 0.1) is 5.41 Å². The van der Waals surface area contributed by atoms with E-state index in [4.69, 9.17) is 14.9 Å². The summed E-state index contributed by atoms with van der Waals surface area (Å²) in [5.41, 5.74) is -0.0822. The maximum absolute atomic E-state index is 11.6. The van der Waals surface area contributed by atoms with Crippen LogP contribution in [0.1, 0.15) is 26.2 Å². The number of urea groups is 1. The molecule has 1 heterocycles. The molecule has 0 bridgehead atoms. The first-order valence-corrected chi connectivity index (χ1v) is 6.39. The summed E-state index contributed by atoms with van der Waals surface area (Å²) >= 11 is 0. The molecule has 0 spiro atoms. The summed E-state index contributed by atoms with van der Waals surface area (Å²) in [7, 11) is 0. The van der Waals surface area contributed by atoms with Crippen molar-refractivity contribution in [2.75, 3.05) is 19.8 Å². The summed E-state index contributed by atoms with van der Waals surface area (Å²) in [5, 5.41) is 22.1. The van der Waals surface area contributed by atoms with Crippen LogP contribution < -0.4 is 10.6 Å². The average Bonchev–Trinajstić information content (AvgIpc) is 2.36. The van der Waals surface area contributed by atoms with Gasteiger partial charge < -0.3 is 25.6 Å². The van der Waals surface area contributed by atoms with Crippen molar-refractivity contribution in [3.63, 3.8) is 0 Å². The molecule has 1 unspecified atom stereocenters. The Morgan fingerprint density at radius 2 is 1.85 bits per heavy atom. The number of nitrogens with one attached hydrogen (secondary N) is 2. The van der Waals surface area contributed by atoms with Gasteiger partial charge in [-0.1, -0.05) is 6.92 Å². The summed E-state index contributed by atoms with van der Waals surface area (Å²) in [5.74, 6) is -2.66. The molecule has 0 aromatic heterocycles. The number of hydrogen-bond donors (Lipinski definition) is 4. The number of amides is 2. The van der Waals surface area contributed by atoms with E-state index in [0.717, 1.165) is 12.8 Å². The molecule has 4 N–H and O–H groups in total. The van der Waals surface area contributed by atoms with Gasteiger partial charge in [0.05, 0.1) is 6.42 Å². The molecule has 1 fully saturated rings. The minimum absolute atomic E-state index is 0.0822. The monoisotopic (exact) mass is 288 g/mol. The van der Waals surface area contributed by atoms with Gasteiger partial charge in [-0.25, -0.2) is 9.59 Å². The van der Waals surface area contributed by atoms with Crippen LogP contribution in [0.2, 0.25) is 0 Å². The van der Waals surface area contributed by atoms with Gasteiger partial charge in [-0.3, -0.25) is 4.79 Å². The molecular weight excluding hydrogens is 268 g/mol. The highest BCUT2D eigenvalue weighted by atomic mass is 16.5. The van der Waals surface area contributed by atoms with E-state index in [0.29, 0.717) is 19.8 Å². The first-order chi connectivity index (χ1) is 9.32. The molecule has 1 aliphatic heterocycles. The van der Waals surface area contributed by atoms with Crippen molar-refractivity contribution in [2.45, 2.75) is 32.2 Å². The normalized spacial score (nSPS) is 18.9. The molecule has 0 aromatic rings. The molecular formula is C12H20N2O6. The van der Waals surface area contributed by atoms with Crippen molar-refractivity contribution >= 4 is 18.0 Å². The lowest BCUT2D eigenvalue weighted by Crippen LogP contribution is -2.49. The van der Waals surface area contributed by atoms with Gasteiger partial charge in [-0.2, -0.15) is 0 Å². The maximum Gasteiger partial charge on any atom is 0.326 e. The Morgan fingerprint density at radius 1 is 1.25 bits per heavy atom. The molecule has 1 atom stereocenters. The Balaban J connectivity index is 2.41. The maximum atomic E-state index is 11.6. The fourth-order valence-electron chi connectivity index (χ4n) is 1.92. The highest BCUT2D eigenvalue weighted by Gasteiger charge is 2.29. The Labute approximate surface area is 116 Å². The van der Waals surface area contributed by atoms with Crippen LogP contribution in [-0.2, 0) is 14.3 Å². The summed E-state index contributed by atoms with van der Waals surface area (Å²) < 4.78 is 5.24. The quantitative estimate of drug-likeness (QED) is 0.546. The van der Waals surface area contributed by atoms with Gasteiger partial charge >= 0.3 is 18.0 Å². The molecule has 8 nitrogen and oxygen atoms in total. The number of ether oxygens (including phenoxy) is 1. The Kier molecular flexibility index (Phi) is 5.75. The third kappa shape index (κ3) is 5.43. The minimum Gasteiger partial charge on any atom is -0.481 e. The number of carbonyl (C=O) groups is 3. The predicted molar refractivity (Wildman–Crippen MR) is 68.4 cm³/mol. The zero-order valence-electron chi connectivity index (χ0n) is 11.3. The van der Waals surface area contributed by atoms with Crippen molar-refractivity contribution in [2.24, 2.45) is 5.41 Å². The lowest BCUT2D eigenvalue weighted by Gasteiger charge is -2.33. The zero-order chi connectivity index (χ0) is 15.2. The average molecular weight is 288 g/mol. The smallest absolute Gasteiger partial charge is 0.326 e. The van der Waals surface area contributed by atoms with E-state index in [-0.39, 0.29) is 5.41 Å². The van der Waals surface area contributed by atoms with E-state index in [9.17, 15) is 14.4 Å². The van der Waals surface area contributed by atoms with Gasteiger partial charge in [0.1, 0.15) is 6.04 Å². The van der Waals surface area contributed by atoms with Gasteiger partial charge in [0.2, 0.25) is 0 Å². The van der Waals surface area contributed by atoms with Crippen molar-refractivity contribution in [3.05, 3.63) is 0 Å². The topological polar surface area (TPSA) is 125 Å².